The summed E-state index contributed by atoms with van der Waals surface area (Å²) < 4.78 is 24.8. The van der Waals surface area contributed by atoms with Crippen LogP contribution < -0.4 is 5.32 Å². The van der Waals surface area contributed by atoms with Gasteiger partial charge in [-0.2, -0.15) is 0 Å². The number of rotatable bonds is 4. The third kappa shape index (κ3) is 3.29. The summed E-state index contributed by atoms with van der Waals surface area (Å²) >= 11 is 0. The third-order valence-corrected chi connectivity index (χ3v) is 2.75. The van der Waals surface area contributed by atoms with Crippen molar-refractivity contribution in [2.45, 2.75) is 19.9 Å². The second-order valence-electron chi connectivity index (χ2n) is 4.27. The average molecular weight is 247 g/mol. The molecule has 0 radical (unpaired) electrons. The SMILES string of the molecule is Cc1cccc(NCc2ccc(C(F)F)cc2)c1. The Morgan fingerprint density at radius 2 is 1.78 bits per heavy atom. The van der Waals surface area contributed by atoms with Gasteiger partial charge in [-0.15, -0.1) is 0 Å². The second kappa shape index (κ2) is 5.63. The largest absolute Gasteiger partial charge is 0.381 e. The van der Waals surface area contributed by atoms with E-state index in [2.05, 4.69) is 5.32 Å². The van der Waals surface area contributed by atoms with Crippen LogP contribution in [-0.2, 0) is 6.54 Å². The van der Waals surface area contributed by atoms with Crippen LogP contribution in [0.2, 0.25) is 0 Å². The number of hydrogen-bond donors (Lipinski definition) is 1. The van der Waals surface area contributed by atoms with Gasteiger partial charge in [0.1, 0.15) is 0 Å². The average Bonchev–Trinajstić information content (AvgIpc) is 2.37. The third-order valence-electron chi connectivity index (χ3n) is 2.75. The molecule has 0 aliphatic heterocycles. The summed E-state index contributed by atoms with van der Waals surface area (Å²) in [6.07, 6.45) is -2.40. The Bertz CT molecular complexity index is 506. The van der Waals surface area contributed by atoms with Gasteiger partial charge in [0.2, 0.25) is 0 Å². The van der Waals surface area contributed by atoms with Crippen LogP contribution in [0.1, 0.15) is 23.1 Å². The Morgan fingerprint density at radius 1 is 1.06 bits per heavy atom. The molecule has 0 unspecified atom stereocenters. The number of aryl methyl sites for hydroxylation is 1. The minimum Gasteiger partial charge on any atom is -0.381 e. The van der Waals surface area contributed by atoms with Crippen molar-refractivity contribution in [3.63, 3.8) is 0 Å². The molecule has 0 saturated carbocycles. The molecule has 0 fully saturated rings. The van der Waals surface area contributed by atoms with Gasteiger partial charge in [0.15, 0.2) is 0 Å². The lowest BCUT2D eigenvalue weighted by atomic mass is 10.1. The highest BCUT2D eigenvalue weighted by Crippen LogP contribution is 2.19. The van der Waals surface area contributed by atoms with Crippen LogP contribution in [0.4, 0.5) is 14.5 Å². The molecule has 0 aliphatic rings. The first-order valence-electron chi connectivity index (χ1n) is 5.82. The summed E-state index contributed by atoms with van der Waals surface area (Å²) in [5.74, 6) is 0. The lowest BCUT2D eigenvalue weighted by Gasteiger charge is -2.08. The highest BCUT2D eigenvalue weighted by atomic mass is 19.3. The zero-order chi connectivity index (χ0) is 13.0. The van der Waals surface area contributed by atoms with E-state index in [0.29, 0.717) is 6.54 Å². The highest BCUT2D eigenvalue weighted by molar-refractivity contribution is 5.46. The predicted molar refractivity (Wildman–Crippen MR) is 69.9 cm³/mol. The van der Waals surface area contributed by atoms with Crippen molar-refractivity contribution in [3.05, 3.63) is 65.2 Å². The molecule has 94 valence electrons. The van der Waals surface area contributed by atoms with Crippen LogP contribution in [0.5, 0.6) is 0 Å². The van der Waals surface area contributed by atoms with Gasteiger partial charge in [0.05, 0.1) is 0 Å². The molecular formula is C15H15F2N. The fourth-order valence-electron chi connectivity index (χ4n) is 1.74. The van der Waals surface area contributed by atoms with Crippen LogP contribution in [-0.4, -0.2) is 0 Å². The Labute approximate surface area is 105 Å². The monoisotopic (exact) mass is 247 g/mol. The van der Waals surface area contributed by atoms with Gasteiger partial charge in [-0.1, -0.05) is 36.4 Å². The minimum atomic E-state index is -2.40. The molecule has 2 aromatic rings. The first-order chi connectivity index (χ1) is 8.65. The van der Waals surface area contributed by atoms with Crippen molar-refractivity contribution >= 4 is 5.69 Å². The molecule has 18 heavy (non-hydrogen) atoms. The van der Waals surface area contributed by atoms with E-state index in [0.717, 1.165) is 11.3 Å². The first kappa shape index (κ1) is 12.6. The first-order valence-corrected chi connectivity index (χ1v) is 5.82. The molecule has 1 nitrogen and oxygen atoms in total. The van der Waals surface area contributed by atoms with Crippen molar-refractivity contribution in [1.29, 1.82) is 0 Å². The van der Waals surface area contributed by atoms with Crippen molar-refractivity contribution < 1.29 is 8.78 Å². The van der Waals surface area contributed by atoms with Crippen LogP contribution in [0.25, 0.3) is 0 Å². The van der Waals surface area contributed by atoms with Gasteiger partial charge in [-0.25, -0.2) is 8.78 Å². The molecule has 0 spiro atoms. The number of anilines is 1. The molecule has 0 aliphatic carbocycles. The van der Waals surface area contributed by atoms with Crippen molar-refractivity contribution in [3.8, 4) is 0 Å². The lowest BCUT2D eigenvalue weighted by molar-refractivity contribution is 0.151. The van der Waals surface area contributed by atoms with E-state index < -0.39 is 6.43 Å². The Morgan fingerprint density at radius 3 is 2.39 bits per heavy atom. The molecular weight excluding hydrogens is 232 g/mol. The maximum atomic E-state index is 12.4. The van der Waals surface area contributed by atoms with E-state index in [1.165, 1.54) is 17.7 Å². The van der Waals surface area contributed by atoms with Gasteiger partial charge < -0.3 is 5.32 Å². The molecule has 0 atom stereocenters. The number of hydrogen-bond acceptors (Lipinski definition) is 1. The van der Waals surface area contributed by atoms with Gasteiger partial charge in [-0.3, -0.25) is 0 Å². The summed E-state index contributed by atoms with van der Waals surface area (Å²) in [5.41, 5.74) is 3.27. The Hall–Kier alpha value is -1.90. The normalized spacial score (nSPS) is 10.7. The fraction of sp³-hybridized carbons (Fsp3) is 0.200. The van der Waals surface area contributed by atoms with Gasteiger partial charge in [0.25, 0.3) is 6.43 Å². The minimum absolute atomic E-state index is 0.0642. The highest BCUT2D eigenvalue weighted by Gasteiger charge is 2.05. The molecule has 2 aromatic carbocycles. The molecule has 0 aromatic heterocycles. The van der Waals surface area contributed by atoms with Gasteiger partial charge >= 0.3 is 0 Å². The zero-order valence-corrected chi connectivity index (χ0v) is 10.2. The molecule has 0 amide bonds. The van der Waals surface area contributed by atoms with Crippen molar-refractivity contribution in [2.24, 2.45) is 0 Å². The Kier molecular flexibility index (Phi) is 3.92. The van der Waals surface area contributed by atoms with Crippen LogP contribution in [0.15, 0.2) is 48.5 Å². The molecule has 1 N–H and O–H groups in total. The lowest BCUT2D eigenvalue weighted by Crippen LogP contribution is -1.99. The standard InChI is InChI=1S/C15H15F2N/c1-11-3-2-4-14(9-11)18-10-12-5-7-13(8-6-12)15(16)17/h2-9,15,18H,10H2,1H3. The molecule has 3 heteroatoms. The maximum absolute atomic E-state index is 12.4. The van der Waals surface area contributed by atoms with Crippen LogP contribution >= 0.6 is 0 Å². The molecule has 0 saturated heterocycles. The van der Waals surface area contributed by atoms with E-state index in [-0.39, 0.29) is 5.56 Å². The van der Waals surface area contributed by atoms with Crippen molar-refractivity contribution in [1.82, 2.24) is 0 Å². The molecule has 0 bridgehead atoms. The topological polar surface area (TPSA) is 12.0 Å². The number of halogens is 2. The van der Waals surface area contributed by atoms with Crippen LogP contribution in [0.3, 0.4) is 0 Å². The van der Waals surface area contributed by atoms with E-state index in [9.17, 15) is 8.78 Å². The summed E-state index contributed by atoms with van der Waals surface area (Å²) in [5, 5.41) is 3.26. The number of benzene rings is 2. The number of nitrogens with one attached hydrogen (secondary N) is 1. The van der Waals surface area contributed by atoms with E-state index >= 15 is 0 Å². The summed E-state index contributed by atoms with van der Waals surface area (Å²) in [7, 11) is 0. The van der Waals surface area contributed by atoms with Crippen LogP contribution in [0, 0.1) is 6.92 Å². The summed E-state index contributed by atoms with van der Waals surface area (Å²) in [6, 6.07) is 14.4. The van der Waals surface area contributed by atoms with E-state index in [1.807, 2.05) is 31.2 Å². The number of alkyl halides is 2. The second-order valence-corrected chi connectivity index (χ2v) is 4.27. The smallest absolute Gasteiger partial charge is 0.263 e. The van der Waals surface area contributed by atoms with Crippen molar-refractivity contribution in [2.75, 3.05) is 5.32 Å². The summed E-state index contributed by atoms with van der Waals surface area (Å²) in [4.78, 5) is 0. The van der Waals surface area contributed by atoms with Gasteiger partial charge in [-0.05, 0) is 30.2 Å². The maximum Gasteiger partial charge on any atom is 0.263 e. The van der Waals surface area contributed by atoms with E-state index in [4.69, 9.17) is 0 Å². The zero-order valence-electron chi connectivity index (χ0n) is 10.2. The quantitative estimate of drug-likeness (QED) is 0.836. The molecule has 0 heterocycles. The molecule has 2 rings (SSSR count). The summed E-state index contributed by atoms with van der Waals surface area (Å²) in [6.45, 7) is 2.66. The van der Waals surface area contributed by atoms with E-state index in [1.54, 1.807) is 12.1 Å². The van der Waals surface area contributed by atoms with Gasteiger partial charge in [0, 0.05) is 17.8 Å². The Balaban J connectivity index is 1.98. The predicted octanol–water partition coefficient (Wildman–Crippen LogP) is 4.54. The fourth-order valence-corrected chi connectivity index (χ4v) is 1.74.